The number of halogens is 1. The molecular formula is C27H20FN3O2. The fraction of sp³-hybridized carbons (Fsp3) is 0.0370. The molecule has 0 aliphatic heterocycles. The molecule has 0 aliphatic rings. The highest BCUT2D eigenvalue weighted by molar-refractivity contribution is 6.11. The van der Waals surface area contributed by atoms with Crippen LogP contribution >= 0.6 is 0 Å². The van der Waals surface area contributed by atoms with E-state index in [1.807, 2.05) is 36.4 Å². The number of nitrogens with zero attached hydrogens (tertiary/aromatic N) is 1. The van der Waals surface area contributed by atoms with Crippen LogP contribution in [0.15, 0.2) is 84.9 Å². The normalized spacial score (nSPS) is 11.4. The van der Waals surface area contributed by atoms with Gasteiger partial charge in [0.15, 0.2) is 0 Å². The highest BCUT2D eigenvalue weighted by Crippen LogP contribution is 2.32. The summed E-state index contributed by atoms with van der Waals surface area (Å²) in [5.74, 6) is -0.487. The van der Waals surface area contributed by atoms with Crippen LogP contribution < -0.4 is 5.32 Å². The van der Waals surface area contributed by atoms with Gasteiger partial charge in [-0.3, -0.25) is 4.79 Å². The van der Waals surface area contributed by atoms with Gasteiger partial charge in [0, 0.05) is 27.9 Å². The molecule has 5 rings (SSSR count). The van der Waals surface area contributed by atoms with Crippen LogP contribution in [-0.4, -0.2) is 21.0 Å². The third kappa shape index (κ3) is 4.32. The molecule has 5 nitrogen and oxygen atoms in total. The van der Waals surface area contributed by atoms with Crippen molar-refractivity contribution in [3.63, 3.8) is 0 Å². The first kappa shape index (κ1) is 20.5. The molecule has 0 saturated heterocycles. The zero-order valence-electron chi connectivity index (χ0n) is 17.5. The first-order valence-electron chi connectivity index (χ1n) is 10.5. The standard InChI is InChI=1S/C27H20FN3O2/c28-19-7-4-6-18(14-19)26-27-23(22-9-1-2-10-24(22)31-27)15-20(30-26)16-29-25(33)12-11-17-5-3-8-21(32)13-17/h1-15,31-32H,16H2,(H,29,33)/b12-11+. The number of nitrogens with one attached hydrogen (secondary N) is 2. The average molecular weight is 437 g/mol. The van der Waals surface area contributed by atoms with Crippen molar-refractivity contribution < 1.29 is 14.3 Å². The fourth-order valence-electron chi connectivity index (χ4n) is 3.87. The van der Waals surface area contributed by atoms with Gasteiger partial charge in [0.1, 0.15) is 11.6 Å². The zero-order chi connectivity index (χ0) is 22.8. The van der Waals surface area contributed by atoms with Crippen molar-refractivity contribution in [2.45, 2.75) is 6.54 Å². The van der Waals surface area contributed by atoms with Crippen LogP contribution in [-0.2, 0) is 11.3 Å². The smallest absolute Gasteiger partial charge is 0.244 e. The average Bonchev–Trinajstić information content (AvgIpc) is 3.19. The number of rotatable bonds is 5. The van der Waals surface area contributed by atoms with E-state index in [1.165, 1.54) is 18.2 Å². The number of hydrogen-bond acceptors (Lipinski definition) is 3. The predicted octanol–water partition coefficient (Wildman–Crippen LogP) is 5.56. The molecule has 0 atom stereocenters. The number of benzene rings is 3. The largest absolute Gasteiger partial charge is 0.508 e. The molecule has 2 heterocycles. The van der Waals surface area contributed by atoms with Gasteiger partial charge in [-0.2, -0.15) is 0 Å². The quantitative estimate of drug-likeness (QED) is 0.315. The highest BCUT2D eigenvalue weighted by Gasteiger charge is 2.14. The van der Waals surface area contributed by atoms with Crippen LogP contribution in [0.3, 0.4) is 0 Å². The van der Waals surface area contributed by atoms with Crippen molar-refractivity contribution in [2.75, 3.05) is 0 Å². The lowest BCUT2D eigenvalue weighted by Gasteiger charge is -2.08. The van der Waals surface area contributed by atoms with Crippen LogP contribution in [0.25, 0.3) is 39.1 Å². The van der Waals surface area contributed by atoms with Gasteiger partial charge in [-0.15, -0.1) is 0 Å². The molecule has 0 spiro atoms. The monoisotopic (exact) mass is 437 g/mol. The van der Waals surface area contributed by atoms with Crippen molar-refractivity contribution in [3.05, 3.63) is 102 Å². The topological polar surface area (TPSA) is 78.0 Å². The molecule has 6 heteroatoms. The van der Waals surface area contributed by atoms with E-state index >= 15 is 0 Å². The number of fused-ring (bicyclic) bond motifs is 3. The molecule has 3 aromatic carbocycles. The third-order valence-electron chi connectivity index (χ3n) is 5.39. The van der Waals surface area contributed by atoms with Crippen molar-refractivity contribution in [1.29, 1.82) is 0 Å². The van der Waals surface area contributed by atoms with E-state index in [2.05, 4.69) is 10.3 Å². The Bertz CT molecular complexity index is 1520. The van der Waals surface area contributed by atoms with Gasteiger partial charge in [-0.25, -0.2) is 9.37 Å². The number of aromatic hydroxyl groups is 1. The summed E-state index contributed by atoms with van der Waals surface area (Å²) < 4.78 is 13.9. The molecular weight excluding hydrogens is 417 g/mol. The van der Waals surface area contributed by atoms with Gasteiger partial charge in [0.05, 0.1) is 23.4 Å². The number of H-pyrrole nitrogens is 1. The Morgan fingerprint density at radius 2 is 1.85 bits per heavy atom. The van der Waals surface area contributed by atoms with Crippen molar-refractivity contribution in [1.82, 2.24) is 15.3 Å². The molecule has 0 radical (unpaired) electrons. The van der Waals surface area contributed by atoms with Gasteiger partial charge >= 0.3 is 0 Å². The summed E-state index contributed by atoms with van der Waals surface area (Å²) in [7, 11) is 0. The summed E-state index contributed by atoms with van der Waals surface area (Å²) in [5.41, 5.74) is 4.44. The zero-order valence-corrected chi connectivity index (χ0v) is 17.5. The van der Waals surface area contributed by atoms with Gasteiger partial charge in [-0.05, 0) is 48.0 Å². The summed E-state index contributed by atoms with van der Waals surface area (Å²) in [6.07, 6.45) is 3.04. The summed E-state index contributed by atoms with van der Waals surface area (Å²) in [6.45, 7) is 0.209. The van der Waals surface area contributed by atoms with Crippen LogP contribution in [0, 0.1) is 5.82 Å². The van der Waals surface area contributed by atoms with E-state index in [4.69, 9.17) is 4.98 Å². The molecule has 0 saturated carbocycles. The minimum atomic E-state index is -0.339. The number of pyridine rings is 1. The second kappa shape index (κ2) is 8.59. The third-order valence-corrected chi connectivity index (χ3v) is 5.39. The fourth-order valence-corrected chi connectivity index (χ4v) is 3.87. The Kier molecular flexibility index (Phi) is 5.32. The van der Waals surface area contributed by atoms with Crippen LogP contribution in [0.1, 0.15) is 11.3 Å². The lowest BCUT2D eigenvalue weighted by molar-refractivity contribution is -0.116. The van der Waals surface area contributed by atoms with Crippen molar-refractivity contribution >= 4 is 33.8 Å². The summed E-state index contributed by atoms with van der Waals surface area (Å²) in [6, 6.07) is 22.8. The summed E-state index contributed by atoms with van der Waals surface area (Å²) in [5, 5.41) is 14.4. The molecule has 0 bridgehead atoms. The molecule has 0 unspecified atom stereocenters. The Labute approximate surface area is 189 Å². The molecule has 5 aromatic rings. The molecule has 33 heavy (non-hydrogen) atoms. The number of aromatic amines is 1. The molecule has 0 fully saturated rings. The van der Waals surface area contributed by atoms with E-state index in [0.29, 0.717) is 17.0 Å². The SMILES string of the molecule is O=C(/C=C/c1cccc(O)c1)NCc1cc2c([nH]c3ccccc32)c(-c2cccc(F)c2)n1. The molecule has 0 aliphatic carbocycles. The van der Waals surface area contributed by atoms with Gasteiger partial charge < -0.3 is 15.4 Å². The summed E-state index contributed by atoms with van der Waals surface area (Å²) in [4.78, 5) is 20.5. The molecule has 2 aromatic heterocycles. The minimum Gasteiger partial charge on any atom is -0.508 e. The summed E-state index contributed by atoms with van der Waals surface area (Å²) >= 11 is 0. The first-order valence-corrected chi connectivity index (χ1v) is 10.5. The number of amides is 1. The number of carbonyl (C=O) groups is 1. The van der Waals surface area contributed by atoms with Crippen LogP contribution in [0.2, 0.25) is 0 Å². The lowest BCUT2D eigenvalue weighted by atomic mass is 10.1. The number of hydrogen-bond donors (Lipinski definition) is 3. The molecule has 3 N–H and O–H groups in total. The van der Waals surface area contributed by atoms with Gasteiger partial charge in [-0.1, -0.05) is 42.5 Å². The minimum absolute atomic E-state index is 0.138. The van der Waals surface area contributed by atoms with Gasteiger partial charge in [0.2, 0.25) is 5.91 Å². The maximum atomic E-state index is 13.9. The second-order valence-electron chi connectivity index (χ2n) is 7.71. The Balaban J connectivity index is 1.48. The van der Waals surface area contributed by atoms with Crippen LogP contribution in [0.4, 0.5) is 4.39 Å². The van der Waals surface area contributed by atoms with E-state index < -0.39 is 0 Å². The Morgan fingerprint density at radius 3 is 2.70 bits per heavy atom. The van der Waals surface area contributed by atoms with Crippen molar-refractivity contribution in [2.24, 2.45) is 0 Å². The van der Waals surface area contributed by atoms with E-state index in [9.17, 15) is 14.3 Å². The van der Waals surface area contributed by atoms with Crippen LogP contribution in [0.5, 0.6) is 5.75 Å². The number of para-hydroxylation sites is 1. The maximum Gasteiger partial charge on any atom is 0.244 e. The number of phenols is 1. The second-order valence-corrected chi connectivity index (χ2v) is 7.71. The number of carbonyl (C=O) groups excluding carboxylic acids is 1. The van der Waals surface area contributed by atoms with E-state index in [0.717, 1.165) is 27.4 Å². The van der Waals surface area contributed by atoms with E-state index in [-0.39, 0.29) is 24.0 Å². The first-order chi connectivity index (χ1) is 16.1. The molecule has 1 amide bonds. The lowest BCUT2D eigenvalue weighted by Crippen LogP contribution is -2.21. The number of aromatic nitrogens is 2. The number of phenolic OH excluding ortho intramolecular Hbond substituents is 1. The predicted molar refractivity (Wildman–Crippen MR) is 128 cm³/mol. The molecule has 162 valence electrons. The maximum absolute atomic E-state index is 13.9. The van der Waals surface area contributed by atoms with Gasteiger partial charge in [0.25, 0.3) is 0 Å². The van der Waals surface area contributed by atoms with E-state index in [1.54, 1.807) is 36.4 Å². The Hall–Kier alpha value is -4.45. The highest BCUT2D eigenvalue weighted by atomic mass is 19.1. The van der Waals surface area contributed by atoms with Crippen molar-refractivity contribution in [3.8, 4) is 17.0 Å². The Morgan fingerprint density at radius 1 is 1.00 bits per heavy atom.